The van der Waals surface area contributed by atoms with Crippen molar-refractivity contribution >= 4 is 0 Å². The number of rotatable bonds is 5. The third-order valence-electron chi connectivity index (χ3n) is 5.39. The summed E-state index contributed by atoms with van der Waals surface area (Å²) in [6.45, 7) is 12.5. The fourth-order valence-corrected chi connectivity index (χ4v) is 3.97. The summed E-state index contributed by atoms with van der Waals surface area (Å²) in [6, 6.07) is 2.27. The van der Waals surface area contributed by atoms with Crippen molar-refractivity contribution < 1.29 is 4.74 Å². The molecule has 1 saturated carbocycles. The van der Waals surface area contributed by atoms with E-state index in [1.165, 1.54) is 38.9 Å². The van der Waals surface area contributed by atoms with Crippen LogP contribution in [0.5, 0.6) is 0 Å². The molecule has 0 radical (unpaired) electrons. The first-order valence-electron chi connectivity index (χ1n) is 8.53. The van der Waals surface area contributed by atoms with Crippen molar-refractivity contribution in [2.75, 3.05) is 45.9 Å². The minimum Gasteiger partial charge on any atom is -0.379 e. The van der Waals surface area contributed by atoms with Crippen LogP contribution < -0.4 is 5.32 Å². The molecule has 2 saturated heterocycles. The topological polar surface area (TPSA) is 27.7 Å². The predicted octanol–water partition coefficient (Wildman–Crippen LogP) is 1.17. The standard InChI is InChI=1S/C16H31N3O/c1-13(2)17-11-14-3-4-16(14)19-6-5-15(12-19)18-7-9-20-10-8-18/h13-17H,3-12H2,1-2H3. The number of morpholine rings is 1. The summed E-state index contributed by atoms with van der Waals surface area (Å²) in [6.07, 6.45) is 4.20. The Labute approximate surface area is 123 Å². The van der Waals surface area contributed by atoms with Crippen LogP contribution in [-0.4, -0.2) is 73.9 Å². The average molecular weight is 281 g/mol. The summed E-state index contributed by atoms with van der Waals surface area (Å²) < 4.78 is 5.47. The van der Waals surface area contributed by atoms with Crippen molar-refractivity contribution in [2.45, 2.75) is 51.2 Å². The molecule has 3 aliphatic rings. The Balaban J connectivity index is 1.45. The van der Waals surface area contributed by atoms with Gasteiger partial charge < -0.3 is 10.1 Å². The van der Waals surface area contributed by atoms with Gasteiger partial charge in [0.25, 0.3) is 0 Å². The summed E-state index contributed by atoms with van der Waals surface area (Å²) in [7, 11) is 0. The Morgan fingerprint density at radius 3 is 2.50 bits per heavy atom. The molecule has 3 fully saturated rings. The van der Waals surface area contributed by atoms with Gasteiger partial charge in [-0.25, -0.2) is 0 Å². The smallest absolute Gasteiger partial charge is 0.0594 e. The molecule has 1 N–H and O–H groups in total. The Morgan fingerprint density at radius 2 is 1.85 bits per heavy atom. The van der Waals surface area contributed by atoms with Gasteiger partial charge in [-0.1, -0.05) is 13.8 Å². The van der Waals surface area contributed by atoms with Crippen LogP contribution in [0.15, 0.2) is 0 Å². The van der Waals surface area contributed by atoms with Crippen LogP contribution >= 0.6 is 0 Å². The van der Waals surface area contributed by atoms with Gasteiger partial charge in [0.2, 0.25) is 0 Å². The highest BCUT2D eigenvalue weighted by molar-refractivity contribution is 4.95. The highest BCUT2D eigenvalue weighted by atomic mass is 16.5. The zero-order chi connectivity index (χ0) is 13.9. The van der Waals surface area contributed by atoms with E-state index in [4.69, 9.17) is 4.74 Å². The number of hydrogen-bond acceptors (Lipinski definition) is 4. The van der Waals surface area contributed by atoms with E-state index in [2.05, 4.69) is 29.0 Å². The first-order valence-corrected chi connectivity index (χ1v) is 8.53. The molecule has 2 aliphatic heterocycles. The molecule has 0 bridgehead atoms. The highest BCUT2D eigenvalue weighted by Crippen LogP contribution is 2.34. The minimum atomic E-state index is 0.621. The Morgan fingerprint density at radius 1 is 1.05 bits per heavy atom. The normalized spacial score (nSPS) is 36.5. The minimum absolute atomic E-state index is 0.621. The summed E-state index contributed by atoms with van der Waals surface area (Å²) in [5.41, 5.74) is 0. The molecule has 0 aromatic rings. The second-order valence-electron chi connectivity index (χ2n) is 7.05. The van der Waals surface area contributed by atoms with E-state index in [-0.39, 0.29) is 0 Å². The molecule has 2 heterocycles. The maximum atomic E-state index is 5.47. The lowest BCUT2D eigenvalue weighted by molar-refractivity contribution is 0.0133. The molecule has 116 valence electrons. The zero-order valence-corrected chi connectivity index (χ0v) is 13.2. The molecule has 0 amide bonds. The van der Waals surface area contributed by atoms with Crippen LogP contribution in [0, 0.1) is 5.92 Å². The van der Waals surface area contributed by atoms with Gasteiger partial charge in [-0.15, -0.1) is 0 Å². The van der Waals surface area contributed by atoms with Gasteiger partial charge in [0, 0.05) is 44.3 Å². The predicted molar refractivity (Wildman–Crippen MR) is 82.0 cm³/mol. The zero-order valence-electron chi connectivity index (χ0n) is 13.2. The van der Waals surface area contributed by atoms with Crippen LogP contribution in [0.25, 0.3) is 0 Å². The Hall–Kier alpha value is -0.160. The monoisotopic (exact) mass is 281 g/mol. The van der Waals surface area contributed by atoms with Gasteiger partial charge in [-0.3, -0.25) is 9.80 Å². The molecule has 0 aromatic carbocycles. The lowest BCUT2D eigenvalue weighted by atomic mass is 9.78. The lowest BCUT2D eigenvalue weighted by Crippen LogP contribution is -2.52. The molecular formula is C16H31N3O. The molecule has 4 nitrogen and oxygen atoms in total. The average Bonchev–Trinajstić information content (AvgIpc) is 2.87. The van der Waals surface area contributed by atoms with Crippen molar-refractivity contribution in [2.24, 2.45) is 5.92 Å². The van der Waals surface area contributed by atoms with Gasteiger partial charge >= 0.3 is 0 Å². The van der Waals surface area contributed by atoms with Crippen LogP contribution in [0.3, 0.4) is 0 Å². The summed E-state index contributed by atoms with van der Waals surface area (Å²) in [4.78, 5) is 5.43. The molecule has 3 unspecified atom stereocenters. The van der Waals surface area contributed by atoms with Crippen molar-refractivity contribution in [1.82, 2.24) is 15.1 Å². The van der Waals surface area contributed by atoms with Crippen molar-refractivity contribution in [1.29, 1.82) is 0 Å². The van der Waals surface area contributed by atoms with Crippen LogP contribution in [0.1, 0.15) is 33.1 Å². The van der Waals surface area contributed by atoms with Crippen molar-refractivity contribution in [3.63, 3.8) is 0 Å². The fourth-order valence-electron chi connectivity index (χ4n) is 3.97. The van der Waals surface area contributed by atoms with Crippen LogP contribution in [-0.2, 0) is 4.74 Å². The number of nitrogens with zero attached hydrogens (tertiary/aromatic N) is 2. The molecular weight excluding hydrogens is 250 g/mol. The maximum absolute atomic E-state index is 5.47. The van der Waals surface area contributed by atoms with Crippen molar-refractivity contribution in [3.8, 4) is 0 Å². The van der Waals surface area contributed by atoms with E-state index in [0.717, 1.165) is 44.3 Å². The van der Waals surface area contributed by atoms with Crippen LogP contribution in [0.4, 0.5) is 0 Å². The number of ether oxygens (including phenoxy) is 1. The Kier molecular flexibility index (Phi) is 4.97. The van der Waals surface area contributed by atoms with E-state index in [9.17, 15) is 0 Å². The van der Waals surface area contributed by atoms with Gasteiger partial charge in [0.05, 0.1) is 13.2 Å². The van der Waals surface area contributed by atoms with E-state index >= 15 is 0 Å². The quantitative estimate of drug-likeness (QED) is 0.819. The molecule has 4 heteroatoms. The molecule has 20 heavy (non-hydrogen) atoms. The number of nitrogens with one attached hydrogen (secondary N) is 1. The van der Waals surface area contributed by atoms with Gasteiger partial charge in [0.1, 0.15) is 0 Å². The van der Waals surface area contributed by atoms with E-state index in [0.29, 0.717) is 6.04 Å². The largest absolute Gasteiger partial charge is 0.379 e. The first kappa shape index (κ1) is 14.8. The second kappa shape index (κ2) is 6.73. The van der Waals surface area contributed by atoms with E-state index < -0.39 is 0 Å². The fraction of sp³-hybridized carbons (Fsp3) is 1.00. The highest BCUT2D eigenvalue weighted by Gasteiger charge is 2.39. The molecule has 0 spiro atoms. The molecule has 0 aromatic heterocycles. The summed E-state index contributed by atoms with van der Waals surface area (Å²) in [5, 5.41) is 3.62. The molecule has 3 rings (SSSR count). The van der Waals surface area contributed by atoms with E-state index in [1.54, 1.807) is 0 Å². The van der Waals surface area contributed by atoms with Gasteiger partial charge in [-0.05, 0) is 31.7 Å². The number of likely N-dealkylation sites (tertiary alicyclic amines) is 1. The summed E-state index contributed by atoms with van der Waals surface area (Å²) in [5.74, 6) is 0.890. The van der Waals surface area contributed by atoms with E-state index in [1.807, 2.05) is 0 Å². The number of hydrogen-bond donors (Lipinski definition) is 1. The van der Waals surface area contributed by atoms with Crippen LogP contribution in [0.2, 0.25) is 0 Å². The summed E-state index contributed by atoms with van der Waals surface area (Å²) >= 11 is 0. The molecule has 1 aliphatic carbocycles. The first-order chi connectivity index (χ1) is 9.74. The lowest BCUT2D eigenvalue weighted by Gasteiger charge is -2.43. The molecule has 3 atom stereocenters. The van der Waals surface area contributed by atoms with Crippen molar-refractivity contribution in [3.05, 3.63) is 0 Å². The maximum Gasteiger partial charge on any atom is 0.0594 e. The Bertz CT molecular complexity index is 304. The second-order valence-corrected chi connectivity index (χ2v) is 7.05. The third-order valence-corrected chi connectivity index (χ3v) is 5.39. The third kappa shape index (κ3) is 3.35. The SMILES string of the molecule is CC(C)NCC1CCC1N1CCC(N2CCOCC2)C1. The van der Waals surface area contributed by atoms with Gasteiger partial charge in [-0.2, -0.15) is 0 Å². The van der Waals surface area contributed by atoms with Gasteiger partial charge in [0.15, 0.2) is 0 Å².